The van der Waals surface area contributed by atoms with Gasteiger partial charge in [0.25, 0.3) is 5.92 Å². The zero-order chi connectivity index (χ0) is 26.1. The highest BCUT2D eigenvalue weighted by atomic mass is 19.4. The summed E-state index contributed by atoms with van der Waals surface area (Å²) in [5, 5.41) is 8.26. The van der Waals surface area contributed by atoms with Gasteiger partial charge >= 0.3 is 6.18 Å². The normalized spacial score (nSPS) is 19.0. The first-order chi connectivity index (χ1) is 16.8. The van der Waals surface area contributed by atoms with Crippen molar-refractivity contribution in [2.24, 2.45) is 0 Å². The highest BCUT2D eigenvalue weighted by molar-refractivity contribution is 5.83. The van der Waals surface area contributed by atoms with Crippen molar-refractivity contribution in [2.75, 3.05) is 18.0 Å². The lowest BCUT2D eigenvalue weighted by Crippen LogP contribution is -2.36. The molecule has 1 aromatic carbocycles. The Kier molecular flexibility index (Phi) is 5.28. The van der Waals surface area contributed by atoms with E-state index in [-0.39, 0.29) is 53.2 Å². The summed E-state index contributed by atoms with van der Waals surface area (Å²) >= 11 is 0. The molecule has 2 aromatic heterocycles. The molecule has 0 amide bonds. The molecule has 0 aliphatic carbocycles. The topological polar surface area (TPSA) is 104 Å². The van der Waals surface area contributed by atoms with E-state index in [4.69, 9.17) is 6.42 Å². The van der Waals surface area contributed by atoms with Crippen LogP contribution < -0.4 is 15.8 Å². The number of fused-ring (bicyclic) bond motifs is 1. The molecule has 3 aromatic rings. The van der Waals surface area contributed by atoms with Crippen LogP contribution in [-0.2, 0) is 17.6 Å². The number of aromatic nitrogens is 5. The summed E-state index contributed by atoms with van der Waals surface area (Å²) in [4.78, 5) is 10.6. The molecule has 0 radical (unpaired) electrons. The van der Waals surface area contributed by atoms with Gasteiger partial charge in [0.1, 0.15) is 5.82 Å². The molecule has 13 heteroatoms. The van der Waals surface area contributed by atoms with Crippen LogP contribution in [0.2, 0.25) is 0 Å². The number of nitrogens with zero attached hydrogens (tertiary/aromatic N) is 6. The number of anilines is 1. The van der Waals surface area contributed by atoms with Gasteiger partial charge in [-0.15, -0.1) is 11.5 Å². The maximum absolute atomic E-state index is 14.0. The largest absolute Gasteiger partial charge is 0.426 e. The van der Waals surface area contributed by atoms with Gasteiger partial charge in [-0.25, -0.2) is 34.3 Å². The molecule has 36 heavy (non-hydrogen) atoms. The highest BCUT2D eigenvalue weighted by Crippen LogP contribution is 2.44. The van der Waals surface area contributed by atoms with E-state index in [1.807, 2.05) is 20.8 Å². The molecule has 2 fully saturated rings. The van der Waals surface area contributed by atoms with Gasteiger partial charge in [-0.1, -0.05) is 44.0 Å². The Labute approximate surface area is 203 Å². The summed E-state index contributed by atoms with van der Waals surface area (Å²) in [6, 6.07) is 4.33. The van der Waals surface area contributed by atoms with E-state index in [2.05, 4.69) is 37.1 Å². The third kappa shape index (κ3) is 3.94. The van der Waals surface area contributed by atoms with Crippen LogP contribution >= 0.6 is 0 Å². The van der Waals surface area contributed by atoms with E-state index in [1.54, 1.807) is 0 Å². The summed E-state index contributed by atoms with van der Waals surface area (Å²) in [7, 11) is 0. The number of rotatable bonds is 4. The van der Waals surface area contributed by atoms with Crippen LogP contribution in [0.25, 0.3) is 11.2 Å². The van der Waals surface area contributed by atoms with Crippen LogP contribution in [0.5, 0.6) is 0 Å². The molecular weight excluding hydrogens is 483 g/mol. The zero-order valence-electron chi connectivity index (χ0n) is 19.7. The second-order valence-electron chi connectivity index (χ2n) is 10.0. The second-order valence-corrected chi connectivity index (χ2v) is 10.0. The maximum atomic E-state index is 14.0. The molecule has 8 nitrogen and oxygen atoms in total. The SMILES string of the molecule is C#Cc1cccc(C2(C(F)(F)F)NN2)c1Cn1nnc2c(N3CCC(F)(F)C3)nc(C(C)(C)C)nc21. The molecular formula is C23H23F5N8. The fraction of sp³-hybridized carbons (Fsp3) is 0.478. The van der Waals surface area contributed by atoms with Crippen molar-refractivity contribution in [3.63, 3.8) is 0 Å². The van der Waals surface area contributed by atoms with Crippen LogP contribution in [0.3, 0.4) is 0 Å². The number of nitrogens with one attached hydrogen (secondary N) is 2. The second kappa shape index (κ2) is 7.81. The Morgan fingerprint density at radius 3 is 2.42 bits per heavy atom. The average molecular weight is 506 g/mol. The minimum absolute atomic E-state index is 0.0745. The first-order valence-corrected chi connectivity index (χ1v) is 11.2. The average Bonchev–Trinajstić information content (AvgIpc) is 3.40. The van der Waals surface area contributed by atoms with Gasteiger partial charge in [-0.2, -0.15) is 13.2 Å². The summed E-state index contributed by atoms with van der Waals surface area (Å²) in [5.41, 5.74) is 2.17. The predicted octanol–water partition coefficient (Wildman–Crippen LogP) is 3.22. The van der Waals surface area contributed by atoms with Crippen LogP contribution in [0.15, 0.2) is 18.2 Å². The Hall–Kier alpha value is -3.37. The standard InChI is InChI=1S/C23H23F5N8/c1-5-13-7-6-8-15(22(32-33-22)23(26,27)28)14(13)11-36-18-16(31-34-36)17(29-19(30-18)20(2,3)4)35-10-9-21(24,25)12-35/h1,6-8,32-33H,9-12H2,2-4H3. The number of halogens is 5. The van der Waals surface area contributed by atoms with Crippen molar-refractivity contribution in [1.29, 1.82) is 0 Å². The van der Waals surface area contributed by atoms with Gasteiger partial charge < -0.3 is 4.90 Å². The van der Waals surface area contributed by atoms with Gasteiger partial charge in [0.05, 0.1) is 13.1 Å². The summed E-state index contributed by atoms with van der Waals surface area (Å²) in [6.07, 6.45) is 0.659. The molecule has 4 heterocycles. The van der Waals surface area contributed by atoms with Crippen molar-refractivity contribution in [3.05, 3.63) is 40.7 Å². The summed E-state index contributed by atoms with van der Waals surface area (Å²) in [6.45, 7) is 4.98. The summed E-state index contributed by atoms with van der Waals surface area (Å²) < 4.78 is 71.0. The zero-order valence-corrected chi connectivity index (χ0v) is 19.7. The Balaban J connectivity index is 1.66. The van der Waals surface area contributed by atoms with Gasteiger partial charge in [0.2, 0.25) is 5.66 Å². The quantitative estimate of drug-likeness (QED) is 0.318. The van der Waals surface area contributed by atoms with Crippen LogP contribution in [-0.4, -0.2) is 50.2 Å². The number of hydrogen-bond acceptors (Lipinski definition) is 7. The lowest BCUT2D eigenvalue weighted by atomic mass is 9.93. The van der Waals surface area contributed by atoms with Crippen molar-refractivity contribution in [1.82, 2.24) is 35.8 Å². The first-order valence-electron chi connectivity index (χ1n) is 11.2. The lowest BCUT2D eigenvalue weighted by molar-refractivity contribution is -0.165. The molecule has 5 rings (SSSR count). The van der Waals surface area contributed by atoms with E-state index in [9.17, 15) is 22.0 Å². The molecule has 0 bridgehead atoms. The molecule has 0 atom stereocenters. The van der Waals surface area contributed by atoms with Crippen molar-refractivity contribution < 1.29 is 22.0 Å². The molecule has 0 saturated carbocycles. The van der Waals surface area contributed by atoms with Gasteiger partial charge in [0, 0.05) is 29.5 Å². The van der Waals surface area contributed by atoms with Crippen molar-refractivity contribution in [3.8, 4) is 12.3 Å². The summed E-state index contributed by atoms with van der Waals surface area (Å²) in [5.74, 6) is 0.157. The van der Waals surface area contributed by atoms with E-state index < -0.39 is 29.7 Å². The van der Waals surface area contributed by atoms with E-state index in [1.165, 1.54) is 27.8 Å². The fourth-order valence-electron chi connectivity index (χ4n) is 4.31. The predicted molar refractivity (Wildman–Crippen MR) is 121 cm³/mol. The van der Waals surface area contributed by atoms with Crippen LogP contribution in [0, 0.1) is 12.3 Å². The molecule has 190 valence electrons. The fourth-order valence-corrected chi connectivity index (χ4v) is 4.31. The lowest BCUT2D eigenvalue weighted by Gasteiger charge is -2.22. The van der Waals surface area contributed by atoms with E-state index >= 15 is 0 Å². The monoisotopic (exact) mass is 506 g/mol. The van der Waals surface area contributed by atoms with E-state index in [0.717, 1.165) is 0 Å². The molecule has 2 aliphatic rings. The van der Waals surface area contributed by atoms with E-state index in [0.29, 0.717) is 5.82 Å². The van der Waals surface area contributed by atoms with Crippen molar-refractivity contribution >= 4 is 17.0 Å². The van der Waals surface area contributed by atoms with Gasteiger partial charge in [-0.05, 0) is 11.6 Å². The number of benzene rings is 1. The number of alkyl halides is 5. The smallest absolute Gasteiger partial charge is 0.348 e. The highest BCUT2D eigenvalue weighted by Gasteiger charge is 2.66. The number of hydrazine groups is 1. The Bertz CT molecular complexity index is 1380. The Morgan fingerprint density at radius 1 is 1.14 bits per heavy atom. The third-order valence-electron chi connectivity index (χ3n) is 6.33. The molecule has 2 aliphatic heterocycles. The van der Waals surface area contributed by atoms with Gasteiger partial charge in [0.15, 0.2) is 17.0 Å². The minimum atomic E-state index is -4.64. The number of terminal acetylenes is 1. The van der Waals surface area contributed by atoms with Crippen molar-refractivity contribution in [2.45, 2.75) is 56.9 Å². The van der Waals surface area contributed by atoms with Crippen LogP contribution in [0.1, 0.15) is 49.7 Å². The third-order valence-corrected chi connectivity index (χ3v) is 6.33. The first kappa shape index (κ1) is 24.3. The molecule has 0 unspecified atom stereocenters. The molecule has 0 spiro atoms. The Morgan fingerprint density at radius 2 is 1.86 bits per heavy atom. The minimum Gasteiger partial charge on any atom is -0.348 e. The molecule has 2 N–H and O–H groups in total. The number of hydrogen-bond donors (Lipinski definition) is 2. The molecule has 2 saturated heterocycles. The maximum Gasteiger partial charge on any atom is 0.426 e. The van der Waals surface area contributed by atoms with Crippen LogP contribution in [0.4, 0.5) is 27.8 Å². The van der Waals surface area contributed by atoms with Gasteiger partial charge in [-0.3, -0.25) is 0 Å².